The molecule has 0 spiro atoms. The molecule has 108 valence electrons. The summed E-state index contributed by atoms with van der Waals surface area (Å²) in [5, 5.41) is 14.9. The minimum atomic E-state index is -1.07. The smallest absolute Gasteiger partial charge is 0.330 e. The number of carboxylic acid groups (broad SMARTS) is 1. The zero-order chi connectivity index (χ0) is 14.4. The van der Waals surface area contributed by atoms with Gasteiger partial charge in [0.15, 0.2) is 6.04 Å². The second-order valence-corrected chi connectivity index (χ2v) is 6.08. The molecule has 0 saturated carbocycles. The molecule has 2 atom stereocenters. The third kappa shape index (κ3) is 4.16. The lowest BCUT2D eigenvalue weighted by atomic mass is 10.1. The van der Waals surface area contributed by atoms with E-state index in [0.29, 0.717) is 17.4 Å². The van der Waals surface area contributed by atoms with Crippen molar-refractivity contribution in [1.29, 1.82) is 0 Å². The lowest BCUT2D eigenvalue weighted by Gasteiger charge is -2.16. The van der Waals surface area contributed by atoms with Crippen LogP contribution in [0.5, 0.6) is 0 Å². The Balaban J connectivity index is 1.87. The van der Waals surface area contributed by atoms with Crippen LogP contribution in [-0.2, 0) is 4.79 Å². The van der Waals surface area contributed by atoms with Crippen LogP contribution in [0.2, 0.25) is 0 Å². The van der Waals surface area contributed by atoms with Gasteiger partial charge in [-0.3, -0.25) is 0 Å². The second-order valence-electron chi connectivity index (χ2n) is 4.67. The molecule has 0 bridgehead atoms. The lowest BCUT2D eigenvalue weighted by Crippen LogP contribution is -2.42. The number of hydrogen-bond donors (Lipinski definition) is 3. The SMILES string of the molecule is O=C(NCC1CCCS1)N[C@@H](C(=O)O)c1ccccc1. The molecule has 1 aliphatic heterocycles. The second kappa shape index (κ2) is 7.19. The number of carbonyl (C=O) groups is 2. The van der Waals surface area contributed by atoms with Crippen molar-refractivity contribution >= 4 is 23.8 Å². The number of rotatable bonds is 5. The highest BCUT2D eigenvalue weighted by Crippen LogP contribution is 2.25. The normalized spacial score (nSPS) is 19.3. The van der Waals surface area contributed by atoms with Crippen molar-refractivity contribution in [1.82, 2.24) is 10.6 Å². The molecule has 2 amide bonds. The Labute approximate surface area is 122 Å². The van der Waals surface area contributed by atoms with Gasteiger partial charge >= 0.3 is 12.0 Å². The first-order chi connectivity index (χ1) is 9.66. The minimum Gasteiger partial charge on any atom is -0.479 e. The van der Waals surface area contributed by atoms with Crippen molar-refractivity contribution in [2.24, 2.45) is 0 Å². The average Bonchev–Trinajstić information content (AvgIpc) is 2.96. The Morgan fingerprint density at radius 3 is 2.70 bits per heavy atom. The number of benzene rings is 1. The fraction of sp³-hybridized carbons (Fsp3) is 0.429. The van der Waals surface area contributed by atoms with Crippen LogP contribution in [0.1, 0.15) is 24.4 Å². The summed E-state index contributed by atoms with van der Waals surface area (Å²) in [6, 6.07) is 7.22. The van der Waals surface area contributed by atoms with Crippen molar-refractivity contribution in [2.75, 3.05) is 12.3 Å². The maximum atomic E-state index is 11.8. The number of amides is 2. The van der Waals surface area contributed by atoms with Gasteiger partial charge in [-0.1, -0.05) is 30.3 Å². The fourth-order valence-electron chi connectivity index (χ4n) is 2.13. The molecule has 1 aliphatic rings. The molecular weight excluding hydrogens is 276 g/mol. The van der Waals surface area contributed by atoms with Crippen LogP contribution >= 0.6 is 11.8 Å². The largest absolute Gasteiger partial charge is 0.479 e. The van der Waals surface area contributed by atoms with E-state index in [4.69, 9.17) is 0 Å². The molecular formula is C14H18N2O3S. The number of thioether (sulfide) groups is 1. The molecule has 0 aliphatic carbocycles. The molecule has 1 heterocycles. The summed E-state index contributed by atoms with van der Waals surface area (Å²) in [4.78, 5) is 23.0. The van der Waals surface area contributed by atoms with Gasteiger partial charge in [0.2, 0.25) is 0 Å². The van der Waals surface area contributed by atoms with Gasteiger partial charge in [-0.05, 0) is 24.2 Å². The highest BCUT2D eigenvalue weighted by molar-refractivity contribution is 8.00. The van der Waals surface area contributed by atoms with Gasteiger partial charge in [-0.15, -0.1) is 0 Å². The van der Waals surface area contributed by atoms with Crippen LogP contribution in [0, 0.1) is 0 Å². The average molecular weight is 294 g/mol. The van der Waals surface area contributed by atoms with E-state index in [1.807, 2.05) is 11.8 Å². The highest BCUT2D eigenvalue weighted by atomic mass is 32.2. The Hall–Kier alpha value is -1.69. The van der Waals surface area contributed by atoms with Gasteiger partial charge in [0, 0.05) is 11.8 Å². The summed E-state index contributed by atoms with van der Waals surface area (Å²) in [6.45, 7) is 0.581. The third-order valence-electron chi connectivity index (χ3n) is 3.17. The van der Waals surface area contributed by atoms with Gasteiger partial charge in [-0.25, -0.2) is 9.59 Å². The van der Waals surface area contributed by atoms with Gasteiger partial charge in [0.1, 0.15) is 0 Å². The fourth-order valence-corrected chi connectivity index (χ4v) is 3.33. The topological polar surface area (TPSA) is 78.4 Å². The van der Waals surface area contributed by atoms with Crippen LogP contribution in [0.15, 0.2) is 30.3 Å². The van der Waals surface area contributed by atoms with Crippen molar-refractivity contribution in [3.8, 4) is 0 Å². The van der Waals surface area contributed by atoms with E-state index in [0.717, 1.165) is 12.2 Å². The molecule has 1 fully saturated rings. The molecule has 1 aromatic rings. The predicted molar refractivity (Wildman–Crippen MR) is 78.8 cm³/mol. The zero-order valence-electron chi connectivity index (χ0n) is 11.0. The number of carbonyl (C=O) groups excluding carboxylic acids is 1. The number of nitrogens with one attached hydrogen (secondary N) is 2. The van der Waals surface area contributed by atoms with E-state index in [9.17, 15) is 14.7 Å². The third-order valence-corrected chi connectivity index (χ3v) is 4.57. The van der Waals surface area contributed by atoms with Gasteiger partial charge in [0.25, 0.3) is 0 Å². The van der Waals surface area contributed by atoms with E-state index in [-0.39, 0.29) is 0 Å². The van der Waals surface area contributed by atoms with Crippen molar-refractivity contribution in [3.63, 3.8) is 0 Å². The van der Waals surface area contributed by atoms with Crippen molar-refractivity contribution < 1.29 is 14.7 Å². The van der Waals surface area contributed by atoms with Gasteiger partial charge in [-0.2, -0.15) is 11.8 Å². The molecule has 6 heteroatoms. The van der Waals surface area contributed by atoms with E-state index in [2.05, 4.69) is 10.6 Å². The monoisotopic (exact) mass is 294 g/mol. The molecule has 1 unspecified atom stereocenters. The van der Waals surface area contributed by atoms with Gasteiger partial charge < -0.3 is 15.7 Å². The highest BCUT2D eigenvalue weighted by Gasteiger charge is 2.22. The van der Waals surface area contributed by atoms with Crippen LogP contribution in [0.4, 0.5) is 4.79 Å². The molecule has 20 heavy (non-hydrogen) atoms. The van der Waals surface area contributed by atoms with Crippen molar-refractivity contribution in [3.05, 3.63) is 35.9 Å². The lowest BCUT2D eigenvalue weighted by molar-refractivity contribution is -0.139. The summed E-state index contributed by atoms with van der Waals surface area (Å²) in [7, 11) is 0. The summed E-state index contributed by atoms with van der Waals surface area (Å²) < 4.78 is 0. The summed E-state index contributed by atoms with van der Waals surface area (Å²) in [5.74, 6) is 0.0667. The Morgan fingerprint density at radius 2 is 2.10 bits per heavy atom. The van der Waals surface area contributed by atoms with Crippen LogP contribution in [0.25, 0.3) is 0 Å². The van der Waals surface area contributed by atoms with E-state index >= 15 is 0 Å². The molecule has 1 saturated heterocycles. The standard InChI is InChI=1S/C14H18N2O3S/c17-13(18)12(10-5-2-1-3-6-10)16-14(19)15-9-11-7-4-8-20-11/h1-3,5-6,11-12H,4,7-9H2,(H,17,18)(H2,15,16,19)/t11?,12-/m1/s1. The maximum Gasteiger partial charge on any atom is 0.330 e. The number of carboxylic acids is 1. The van der Waals surface area contributed by atoms with Gasteiger partial charge in [0.05, 0.1) is 0 Å². The van der Waals surface area contributed by atoms with E-state index in [1.54, 1.807) is 30.3 Å². The zero-order valence-corrected chi connectivity index (χ0v) is 11.9. The van der Waals surface area contributed by atoms with Crippen LogP contribution in [0.3, 0.4) is 0 Å². The molecule has 1 aromatic carbocycles. The molecule has 0 aromatic heterocycles. The van der Waals surface area contributed by atoms with Crippen molar-refractivity contribution in [2.45, 2.75) is 24.1 Å². The number of hydrogen-bond acceptors (Lipinski definition) is 3. The van der Waals surface area contributed by atoms with E-state index < -0.39 is 18.0 Å². The Bertz CT molecular complexity index is 461. The predicted octanol–water partition coefficient (Wildman–Crippen LogP) is 2.01. The summed E-state index contributed by atoms with van der Waals surface area (Å²) in [5.41, 5.74) is 0.561. The number of urea groups is 1. The van der Waals surface area contributed by atoms with E-state index in [1.165, 1.54) is 6.42 Å². The number of aliphatic carboxylic acids is 1. The van der Waals surface area contributed by atoms with Crippen LogP contribution in [-0.4, -0.2) is 34.7 Å². The maximum absolute atomic E-state index is 11.8. The first-order valence-corrected chi connectivity index (χ1v) is 7.65. The first-order valence-electron chi connectivity index (χ1n) is 6.60. The Morgan fingerprint density at radius 1 is 1.35 bits per heavy atom. The Kier molecular flexibility index (Phi) is 5.29. The quantitative estimate of drug-likeness (QED) is 0.776. The summed E-state index contributed by atoms with van der Waals surface area (Å²) in [6.07, 6.45) is 2.28. The molecule has 3 N–H and O–H groups in total. The summed E-state index contributed by atoms with van der Waals surface area (Å²) >= 11 is 1.85. The molecule has 5 nitrogen and oxygen atoms in total. The minimum absolute atomic E-state index is 0.436. The molecule has 2 rings (SSSR count). The molecule has 0 radical (unpaired) electrons. The van der Waals surface area contributed by atoms with Crippen LogP contribution < -0.4 is 10.6 Å². The first kappa shape index (κ1) is 14.7.